The minimum atomic E-state index is -0.513. The first kappa shape index (κ1) is 19.9. The van der Waals surface area contributed by atoms with Gasteiger partial charge in [0.05, 0.1) is 17.2 Å². The molecule has 8 heteroatoms. The maximum absolute atomic E-state index is 11.1. The van der Waals surface area contributed by atoms with Crippen molar-refractivity contribution in [3.05, 3.63) is 53.5 Å². The average Bonchev–Trinajstić information content (AvgIpc) is 3.09. The van der Waals surface area contributed by atoms with E-state index in [1.807, 2.05) is 25.2 Å². The predicted octanol–water partition coefficient (Wildman–Crippen LogP) is 1.95. The number of amides is 1. The van der Waals surface area contributed by atoms with Crippen molar-refractivity contribution >= 4 is 22.8 Å². The number of rotatable bonds is 6. The number of nitriles is 1. The zero-order chi connectivity index (χ0) is 21.1. The molecule has 0 spiro atoms. The Morgan fingerprint density at radius 1 is 1.30 bits per heavy atom. The third kappa shape index (κ3) is 4.11. The van der Waals surface area contributed by atoms with Crippen LogP contribution < -0.4 is 16.0 Å². The molecule has 1 amide bonds. The van der Waals surface area contributed by atoms with Crippen LogP contribution in [-0.2, 0) is 13.6 Å². The summed E-state index contributed by atoms with van der Waals surface area (Å²) < 4.78 is 2.11. The van der Waals surface area contributed by atoms with E-state index in [-0.39, 0.29) is 0 Å². The van der Waals surface area contributed by atoms with Crippen LogP contribution in [0.4, 0.5) is 5.95 Å². The van der Waals surface area contributed by atoms with Gasteiger partial charge in [0, 0.05) is 56.2 Å². The predicted molar refractivity (Wildman–Crippen MR) is 115 cm³/mol. The molecule has 1 aromatic carbocycles. The van der Waals surface area contributed by atoms with E-state index in [1.54, 1.807) is 0 Å². The van der Waals surface area contributed by atoms with Gasteiger partial charge < -0.3 is 20.5 Å². The van der Waals surface area contributed by atoms with Gasteiger partial charge in [-0.15, -0.1) is 0 Å². The molecule has 0 atom stereocenters. The van der Waals surface area contributed by atoms with Gasteiger partial charge in [-0.25, -0.2) is 9.97 Å². The minimum absolute atomic E-state index is 0.327. The summed E-state index contributed by atoms with van der Waals surface area (Å²) in [6.07, 6.45) is 7.22. The lowest BCUT2D eigenvalue weighted by molar-refractivity contribution is 0.0999. The van der Waals surface area contributed by atoms with E-state index in [2.05, 4.69) is 37.0 Å². The number of benzene rings is 1. The normalized spacial score (nSPS) is 14.7. The van der Waals surface area contributed by atoms with Gasteiger partial charge in [0.2, 0.25) is 5.95 Å². The number of fused-ring (bicyclic) bond motifs is 1. The number of primary amides is 1. The molecule has 1 aliphatic heterocycles. The Balaban J connectivity index is 1.30. The smallest absolute Gasteiger partial charge is 0.251 e. The van der Waals surface area contributed by atoms with Crippen molar-refractivity contribution in [2.75, 3.05) is 24.5 Å². The topological polar surface area (TPSA) is 113 Å². The van der Waals surface area contributed by atoms with Gasteiger partial charge in [-0.05, 0) is 49.1 Å². The van der Waals surface area contributed by atoms with Crippen LogP contribution in [0, 0.1) is 17.2 Å². The molecule has 1 saturated heterocycles. The van der Waals surface area contributed by atoms with Crippen LogP contribution in [0.25, 0.3) is 10.9 Å². The number of piperidine rings is 1. The van der Waals surface area contributed by atoms with Crippen LogP contribution >= 0.6 is 0 Å². The maximum Gasteiger partial charge on any atom is 0.251 e. The summed E-state index contributed by atoms with van der Waals surface area (Å²) in [5, 5.41) is 13.9. The first-order valence-electron chi connectivity index (χ1n) is 10.1. The number of carbonyl (C=O) groups is 1. The Labute approximate surface area is 175 Å². The number of nitrogens with one attached hydrogen (secondary N) is 1. The summed E-state index contributed by atoms with van der Waals surface area (Å²) in [5.74, 6) is 0.729. The molecule has 0 bridgehead atoms. The lowest BCUT2D eigenvalue weighted by atomic mass is 9.97. The van der Waals surface area contributed by atoms with Crippen molar-refractivity contribution < 1.29 is 4.79 Å². The van der Waals surface area contributed by atoms with Crippen molar-refractivity contribution in [3.8, 4) is 6.07 Å². The van der Waals surface area contributed by atoms with Crippen LogP contribution in [0.5, 0.6) is 0 Å². The second-order valence-electron chi connectivity index (χ2n) is 7.81. The fraction of sp³-hybridized carbons (Fsp3) is 0.364. The molecule has 8 nitrogen and oxygen atoms in total. The van der Waals surface area contributed by atoms with Gasteiger partial charge in [0.15, 0.2) is 0 Å². The molecule has 0 unspecified atom stereocenters. The molecular weight excluding hydrogens is 378 g/mol. The van der Waals surface area contributed by atoms with Crippen molar-refractivity contribution in [2.24, 2.45) is 18.7 Å². The molecule has 0 radical (unpaired) electrons. The van der Waals surface area contributed by atoms with Gasteiger partial charge in [0.1, 0.15) is 0 Å². The highest BCUT2D eigenvalue weighted by atomic mass is 16.1. The molecule has 3 N–H and O–H groups in total. The standard InChI is InChI=1S/C22H25N7O/c1-28-14-18(19-8-16(9-23)2-3-20(19)28)11-25-10-15-4-6-29(7-5-15)22-26-12-17(13-27-22)21(24)30/h2-3,8,12-15,25H,4-7,10-11H2,1H3,(H2,24,30). The van der Waals surface area contributed by atoms with E-state index in [4.69, 9.17) is 5.73 Å². The van der Waals surface area contributed by atoms with E-state index >= 15 is 0 Å². The molecule has 0 aliphatic carbocycles. The zero-order valence-corrected chi connectivity index (χ0v) is 17.0. The molecule has 30 heavy (non-hydrogen) atoms. The zero-order valence-electron chi connectivity index (χ0n) is 17.0. The van der Waals surface area contributed by atoms with Crippen molar-refractivity contribution in [2.45, 2.75) is 19.4 Å². The average molecular weight is 403 g/mol. The molecule has 154 valence electrons. The van der Waals surface area contributed by atoms with Crippen LogP contribution in [0.15, 0.2) is 36.8 Å². The lowest BCUT2D eigenvalue weighted by Gasteiger charge is -2.32. The second kappa shape index (κ2) is 8.51. The molecular formula is C22H25N7O. The van der Waals surface area contributed by atoms with E-state index < -0.39 is 5.91 Å². The van der Waals surface area contributed by atoms with E-state index in [0.717, 1.165) is 49.9 Å². The van der Waals surface area contributed by atoms with Crippen molar-refractivity contribution in [1.82, 2.24) is 19.9 Å². The summed E-state index contributed by atoms with van der Waals surface area (Å²) in [6, 6.07) is 8.05. The summed E-state index contributed by atoms with van der Waals surface area (Å²) >= 11 is 0. The Bertz CT molecular complexity index is 1090. The Kier molecular flexibility index (Phi) is 5.63. The van der Waals surface area contributed by atoms with Crippen LogP contribution in [0.2, 0.25) is 0 Å². The largest absolute Gasteiger partial charge is 0.366 e. The molecule has 0 saturated carbocycles. The number of aromatic nitrogens is 3. The molecule has 3 heterocycles. The van der Waals surface area contributed by atoms with Crippen molar-refractivity contribution in [1.29, 1.82) is 5.26 Å². The Hall–Kier alpha value is -3.44. The SMILES string of the molecule is Cn1cc(CNCC2CCN(c3ncc(C(N)=O)cn3)CC2)c2cc(C#N)ccc21. The number of nitrogens with two attached hydrogens (primary N) is 1. The molecule has 4 rings (SSSR count). The number of hydrogen-bond donors (Lipinski definition) is 2. The van der Waals surface area contributed by atoms with E-state index in [0.29, 0.717) is 23.0 Å². The third-order valence-electron chi connectivity index (χ3n) is 5.77. The first-order chi connectivity index (χ1) is 14.5. The Morgan fingerprint density at radius 3 is 2.70 bits per heavy atom. The van der Waals surface area contributed by atoms with Gasteiger partial charge in [-0.3, -0.25) is 4.79 Å². The number of aryl methyl sites for hydroxylation is 1. The van der Waals surface area contributed by atoms with Gasteiger partial charge >= 0.3 is 0 Å². The number of carbonyl (C=O) groups excluding carboxylic acids is 1. The monoisotopic (exact) mass is 403 g/mol. The number of anilines is 1. The fourth-order valence-corrected chi connectivity index (χ4v) is 4.04. The van der Waals surface area contributed by atoms with E-state index in [1.165, 1.54) is 18.0 Å². The highest BCUT2D eigenvalue weighted by Crippen LogP contribution is 2.23. The van der Waals surface area contributed by atoms with E-state index in [9.17, 15) is 10.1 Å². The van der Waals surface area contributed by atoms with Crippen LogP contribution in [0.1, 0.15) is 34.3 Å². The summed E-state index contributed by atoms with van der Waals surface area (Å²) in [4.78, 5) is 21.8. The summed E-state index contributed by atoms with van der Waals surface area (Å²) in [7, 11) is 2.03. The summed E-state index contributed by atoms with van der Waals surface area (Å²) in [5.41, 5.74) is 8.61. The van der Waals surface area contributed by atoms with Gasteiger partial charge in [-0.2, -0.15) is 5.26 Å². The molecule has 3 aromatic rings. The summed E-state index contributed by atoms with van der Waals surface area (Å²) in [6.45, 7) is 3.51. The number of nitrogens with zero attached hydrogens (tertiary/aromatic N) is 5. The maximum atomic E-state index is 11.1. The minimum Gasteiger partial charge on any atom is -0.366 e. The number of hydrogen-bond acceptors (Lipinski definition) is 6. The van der Waals surface area contributed by atoms with Gasteiger partial charge in [0.25, 0.3) is 5.91 Å². The van der Waals surface area contributed by atoms with Gasteiger partial charge in [-0.1, -0.05) is 0 Å². The van der Waals surface area contributed by atoms with Crippen LogP contribution in [-0.4, -0.2) is 40.1 Å². The van der Waals surface area contributed by atoms with Crippen molar-refractivity contribution in [3.63, 3.8) is 0 Å². The third-order valence-corrected chi connectivity index (χ3v) is 5.77. The molecule has 1 fully saturated rings. The molecule has 2 aromatic heterocycles. The highest BCUT2D eigenvalue weighted by Gasteiger charge is 2.21. The molecule has 1 aliphatic rings. The fourth-order valence-electron chi connectivity index (χ4n) is 4.04. The lowest BCUT2D eigenvalue weighted by Crippen LogP contribution is -2.38. The highest BCUT2D eigenvalue weighted by molar-refractivity contribution is 5.92. The second-order valence-corrected chi connectivity index (χ2v) is 7.81. The van der Waals surface area contributed by atoms with Crippen LogP contribution in [0.3, 0.4) is 0 Å². The quantitative estimate of drug-likeness (QED) is 0.650. The first-order valence-corrected chi connectivity index (χ1v) is 10.1. The Morgan fingerprint density at radius 2 is 2.03 bits per heavy atom.